The summed E-state index contributed by atoms with van der Waals surface area (Å²) in [6, 6.07) is 0. The molecule has 4 saturated carbocycles. The molecule has 0 amide bonds. The Morgan fingerprint density at radius 2 is 1.74 bits per heavy atom. The van der Waals surface area contributed by atoms with Crippen molar-refractivity contribution in [1.82, 2.24) is 0 Å². The highest BCUT2D eigenvalue weighted by atomic mass is 16.7. The zero-order chi connectivity index (χ0) is 24.6. The van der Waals surface area contributed by atoms with Crippen LogP contribution in [0.5, 0.6) is 0 Å². The van der Waals surface area contributed by atoms with E-state index in [1.165, 1.54) is 64.2 Å². The van der Waals surface area contributed by atoms with Crippen molar-refractivity contribution in [2.45, 2.75) is 130 Å². The van der Waals surface area contributed by atoms with Crippen molar-refractivity contribution >= 4 is 0 Å². The van der Waals surface area contributed by atoms with E-state index in [4.69, 9.17) is 4.84 Å². The molecular weight excluding hydrogens is 418 g/mol. The van der Waals surface area contributed by atoms with Crippen molar-refractivity contribution in [3.8, 4) is 0 Å². The smallest absolute Gasteiger partial charge is 0.155 e. The van der Waals surface area contributed by atoms with E-state index in [0.717, 1.165) is 61.2 Å². The van der Waals surface area contributed by atoms with Crippen molar-refractivity contribution in [2.24, 2.45) is 57.6 Å². The first-order chi connectivity index (χ1) is 16.2. The van der Waals surface area contributed by atoms with Gasteiger partial charge in [0.2, 0.25) is 0 Å². The first-order valence-corrected chi connectivity index (χ1v) is 14.8. The third-order valence-electron chi connectivity index (χ3n) is 12.0. The minimum Gasteiger partial charge on any atom is -0.357 e. The molecule has 0 aliphatic heterocycles. The lowest BCUT2D eigenvalue weighted by Crippen LogP contribution is -2.56. The molecule has 0 aromatic rings. The van der Waals surface area contributed by atoms with Gasteiger partial charge in [-0.1, -0.05) is 60.0 Å². The summed E-state index contributed by atoms with van der Waals surface area (Å²) in [6.07, 6.45) is 19.7. The van der Waals surface area contributed by atoms with Crippen LogP contribution in [0.15, 0.2) is 18.0 Å². The highest BCUT2D eigenvalue weighted by Gasteiger charge is 2.62. The molecule has 4 aliphatic carbocycles. The molecule has 0 spiro atoms. The summed E-state index contributed by atoms with van der Waals surface area (Å²) in [6.45, 7) is 16.5. The maximum absolute atomic E-state index is 11.2. The van der Waals surface area contributed by atoms with Crippen molar-refractivity contribution < 1.29 is 4.84 Å². The molecule has 0 N–H and O–H groups in total. The Morgan fingerprint density at radius 1 is 0.971 bits per heavy atom. The molecule has 3 heteroatoms. The second kappa shape index (κ2) is 10.3. The van der Waals surface area contributed by atoms with Gasteiger partial charge in [0.15, 0.2) is 5.34 Å². The van der Waals surface area contributed by atoms with Gasteiger partial charge in [0, 0.05) is 0 Å². The molecule has 0 unspecified atom stereocenters. The molecule has 0 saturated heterocycles. The standard InChI is InChI=1S/C31H53NO2/c1-7-8-17-31(34-32-33)20-19-29(5)24(21-31)12-13-25-27-15-14-26(23(4)11-9-10-22(2)3)30(27,6)18-16-28(25)29/h7,22-28H,1,8-21H2,2-6H3/t23-,24+,25+,26-,27+,28+,29+,30-,31-/m1/s1. The third-order valence-corrected chi connectivity index (χ3v) is 12.0. The van der Waals surface area contributed by atoms with Gasteiger partial charge in [-0.25, -0.2) is 0 Å². The van der Waals surface area contributed by atoms with Crippen LogP contribution in [0.3, 0.4) is 0 Å². The monoisotopic (exact) mass is 471 g/mol. The maximum atomic E-state index is 11.2. The molecule has 34 heavy (non-hydrogen) atoms. The molecule has 0 radical (unpaired) electrons. The molecular formula is C31H53NO2. The van der Waals surface area contributed by atoms with Crippen LogP contribution in [0.2, 0.25) is 0 Å². The Bertz CT molecular complexity index is 720. The Morgan fingerprint density at radius 3 is 2.44 bits per heavy atom. The Kier molecular flexibility index (Phi) is 7.90. The minimum atomic E-state index is -0.347. The van der Waals surface area contributed by atoms with E-state index in [9.17, 15) is 4.91 Å². The first kappa shape index (κ1) is 26.2. The lowest BCUT2D eigenvalue weighted by Gasteiger charge is -2.62. The van der Waals surface area contributed by atoms with Crippen LogP contribution >= 0.6 is 0 Å². The van der Waals surface area contributed by atoms with Gasteiger partial charge in [-0.05, 0) is 123 Å². The van der Waals surface area contributed by atoms with Crippen LogP contribution in [-0.2, 0) is 4.84 Å². The van der Waals surface area contributed by atoms with E-state index < -0.39 is 0 Å². The highest BCUT2D eigenvalue weighted by Crippen LogP contribution is 2.69. The van der Waals surface area contributed by atoms with E-state index in [1.54, 1.807) is 0 Å². The second-order valence-corrected chi connectivity index (χ2v) is 14.1. The predicted molar refractivity (Wildman–Crippen MR) is 142 cm³/mol. The Hall–Kier alpha value is -0.860. The first-order valence-electron chi connectivity index (χ1n) is 14.8. The van der Waals surface area contributed by atoms with Gasteiger partial charge in [0.25, 0.3) is 0 Å². The fourth-order valence-corrected chi connectivity index (χ4v) is 10.1. The molecule has 0 aromatic carbocycles. The van der Waals surface area contributed by atoms with Crippen molar-refractivity contribution in [3.63, 3.8) is 0 Å². The molecule has 4 fully saturated rings. The van der Waals surface area contributed by atoms with Crippen molar-refractivity contribution in [3.05, 3.63) is 17.6 Å². The van der Waals surface area contributed by atoms with Gasteiger partial charge in [-0.2, -0.15) is 0 Å². The van der Waals surface area contributed by atoms with Crippen molar-refractivity contribution in [2.75, 3.05) is 0 Å². The molecule has 4 aliphatic rings. The van der Waals surface area contributed by atoms with Gasteiger partial charge in [0.1, 0.15) is 5.60 Å². The summed E-state index contributed by atoms with van der Waals surface area (Å²) in [5, 5.41) is 2.95. The number of rotatable bonds is 10. The second-order valence-electron chi connectivity index (χ2n) is 14.1. The zero-order valence-electron chi connectivity index (χ0n) is 23.0. The lowest BCUT2D eigenvalue weighted by molar-refractivity contribution is -0.171. The quantitative estimate of drug-likeness (QED) is 0.181. The molecule has 194 valence electrons. The fraction of sp³-hybridized carbons (Fsp3) is 0.935. The number of nitrogens with zero attached hydrogens (tertiary/aromatic N) is 1. The number of allylic oxidation sites excluding steroid dienone is 1. The normalized spacial score (nSPS) is 44.6. The topological polar surface area (TPSA) is 38.7 Å². The van der Waals surface area contributed by atoms with Gasteiger partial charge in [-0.15, -0.1) is 11.5 Å². The van der Waals surface area contributed by atoms with Crippen molar-refractivity contribution in [1.29, 1.82) is 0 Å². The van der Waals surface area contributed by atoms with E-state index >= 15 is 0 Å². The maximum Gasteiger partial charge on any atom is 0.155 e. The van der Waals surface area contributed by atoms with Crippen LogP contribution in [0.4, 0.5) is 0 Å². The lowest BCUT2D eigenvalue weighted by atomic mass is 9.43. The summed E-state index contributed by atoms with van der Waals surface area (Å²) >= 11 is 0. The number of hydrogen-bond acceptors (Lipinski definition) is 3. The highest BCUT2D eigenvalue weighted by molar-refractivity contribution is 5.11. The summed E-state index contributed by atoms with van der Waals surface area (Å²) in [5.41, 5.74) is 0.629. The number of hydrogen-bond donors (Lipinski definition) is 0. The molecule has 0 heterocycles. The van der Waals surface area contributed by atoms with E-state index in [2.05, 4.69) is 46.5 Å². The van der Waals surface area contributed by atoms with Crippen LogP contribution in [0, 0.1) is 57.2 Å². The fourth-order valence-electron chi connectivity index (χ4n) is 10.1. The van der Waals surface area contributed by atoms with E-state index in [1.807, 2.05) is 6.08 Å². The molecule has 0 bridgehead atoms. The average molecular weight is 472 g/mol. The number of fused-ring (bicyclic) bond motifs is 5. The minimum absolute atomic E-state index is 0.347. The van der Waals surface area contributed by atoms with E-state index in [0.29, 0.717) is 16.7 Å². The Labute approximate surface area is 210 Å². The van der Waals surface area contributed by atoms with E-state index in [-0.39, 0.29) is 5.60 Å². The van der Waals surface area contributed by atoms with Crippen LogP contribution < -0.4 is 0 Å². The molecule has 3 nitrogen and oxygen atoms in total. The molecule has 0 aromatic heterocycles. The summed E-state index contributed by atoms with van der Waals surface area (Å²) in [7, 11) is 0. The third kappa shape index (κ3) is 4.63. The van der Waals surface area contributed by atoms with Gasteiger partial charge >= 0.3 is 0 Å². The summed E-state index contributed by atoms with van der Waals surface area (Å²) < 4.78 is 0. The van der Waals surface area contributed by atoms with Crippen LogP contribution in [0.1, 0.15) is 125 Å². The molecule has 9 atom stereocenters. The average Bonchev–Trinajstić information content (AvgIpc) is 3.15. The predicted octanol–water partition coefficient (Wildman–Crippen LogP) is 9.51. The SMILES string of the molecule is C=CCC[C@@]1(ON=O)CC[C@@]2(C)[C@@H](CC[C@@H]3[C@@H]2CC[C@]2(C)[C@@H]([C@H](C)CCCC(C)C)CC[C@@H]32)C1. The van der Waals surface area contributed by atoms with Crippen LogP contribution in [-0.4, -0.2) is 5.60 Å². The van der Waals surface area contributed by atoms with Gasteiger partial charge < -0.3 is 4.84 Å². The summed E-state index contributed by atoms with van der Waals surface area (Å²) in [4.78, 5) is 16.8. The van der Waals surface area contributed by atoms with Gasteiger partial charge in [0.05, 0.1) is 0 Å². The Balaban J connectivity index is 1.46. The van der Waals surface area contributed by atoms with Crippen LogP contribution in [0.25, 0.3) is 0 Å². The largest absolute Gasteiger partial charge is 0.357 e. The summed E-state index contributed by atoms with van der Waals surface area (Å²) in [5.74, 6) is 6.03. The van der Waals surface area contributed by atoms with Gasteiger partial charge in [-0.3, -0.25) is 0 Å². The zero-order valence-corrected chi connectivity index (χ0v) is 23.0. The molecule has 4 rings (SSSR count).